The first-order chi connectivity index (χ1) is 13.0. The van der Waals surface area contributed by atoms with Gasteiger partial charge in [0.1, 0.15) is 5.82 Å². The fourth-order valence-electron chi connectivity index (χ4n) is 2.93. The van der Waals surface area contributed by atoms with Crippen molar-refractivity contribution in [1.82, 2.24) is 14.7 Å². The minimum Gasteiger partial charge on any atom is -0.367 e. The average Bonchev–Trinajstić information content (AvgIpc) is 3.00. The van der Waals surface area contributed by atoms with Crippen molar-refractivity contribution < 1.29 is 9.18 Å². The first-order valence-electron chi connectivity index (χ1n) is 8.96. The predicted octanol–water partition coefficient (Wildman–Crippen LogP) is 4.30. The highest BCUT2D eigenvalue weighted by Crippen LogP contribution is 2.24. The highest BCUT2D eigenvalue weighted by Gasteiger charge is 2.21. The van der Waals surface area contributed by atoms with Crippen LogP contribution in [0.2, 0.25) is 0 Å². The van der Waals surface area contributed by atoms with E-state index in [2.05, 4.69) is 16.9 Å². The first-order valence-corrected chi connectivity index (χ1v) is 11.2. The molecule has 1 aliphatic rings. The molecule has 0 bridgehead atoms. The molecule has 9 heteroatoms. The molecule has 1 saturated heterocycles. The lowest BCUT2D eigenvalue weighted by Crippen LogP contribution is -2.47. The van der Waals surface area contributed by atoms with E-state index in [1.54, 1.807) is 35.2 Å². The lowest BCUT2D eigenvalue weighted by Gasteiger charge is -2.36. The van der Waals surface area contributed by atoms with Crippen LogP contribution in [0, 0.1) is 9.77 Å². The number of rotatable bonds is 7. The van der Waals surface area contributed by atoms with Gasteiger partial charge in [0.15, 0.2) is 14.1 Å². The monoisotopic (exact) mass is 426 g/mol. The third-order valence-corrected chi connectivity index (χ3v) is 7.07. The fraction of sp³-hybridized carbons (Fsp3) is 0.500. The summed E-state index contributed by atoms with van der Waals surface area (Å²) in [5.41, 5.74) is 0.965. The second kappa shape index (κ2) is 9.27. The third kappa shape index (κ3) is 5.16. The number of benzene rings is 1. The zero-order valence-corrected chi connectivity index (χ0v) is 17.9. The molecule has 1 aromatic carbocycles. The van der Waals surface area contributed by atoms with Gasteiger partial charge in [-0.2, -0.15) is 5.10 Å². The van der Waals surface area contributed by atoms with E-state index in [9.17, 15) is 9.18 Å². The molecule has 1 aromatic heterocycles. The van der Waals surface area contributed by atoms with Crippen molar-refractivity contribution in [2.24, 2.45) is 0 Å². The largest absolute Gasteiger partial charge is 0.367 e. The summed E-state index contributed by atoms with van der Waals surface area (Å²) in [4.78, 5) is 15.7. The van der Waals surface area contributed by atoms with Gasteiger partial charge in [-0.15, -0.1) is 0 Å². The minimum atomic E-state index is -0.338. The van der Waals surface area contributed by atoms with Crippen LogP contribution in [0.3, 0.4) is 0 Å². The molecule has 0 aliphatic carbocycles. The Kier molecular flexibility index (Phi) is 7.02. The summed E-state index contributed by atoms with van der Waals surface area (Å²) < 4.78 is 18.1. The maximum absolute atomic E-state index is 14.4. The molecule has 0 unspecified atom stereocenters. The number of hydrogen-bond acceptors (Lipinski definition) is 7. The van der Waals surface area contributed by atoms with Crippen LogP contribution in [-0.4, -0.2) is 52.4 Å². The van der Waals surface area contributed by atoms with Gasteiger partial charge in [0.05, 0.1) is 12.4 Å². The van der Waals surface area contributed by atoms with Crippen molar-refractivity contribution in [3.8, 4) is 0 Å². The lowest BCUT2D eigenvalue weighted by atomic mass is 10.1. The zero-order chi connectivity index (χ0) is 19.4. The molecule has 27 heavy (non-hydrogen) atoms. The number of thioether (sulfide) groups is 1. The summed E-state index contributed by atoms with van der Waals surface area (Å²) in [5, 5.41) is 4.61. The summed E-state index contributed by atoms with van der Waals surface area (Å²) in [5.74, 6) is 0.590. The minimum absolute atomic E-state index is 0.123. The van der Waals surface area contributed by atoms with Crippen LogP contribution < -0.4 is 4.90 Å². The predicted molar refractivity (Wildman–Crippen MR) is 112 cm³/mol. The van der Waals surface area contributed by atoms with Crippen molar-refractivity contribution >= 4 is 46.8 Å². The van der Waals surface area contributed by atoms with Crippen molar-refractivity contribution in [2.45, 2.75) is 31.3 Å². The van der Waals surface area contributed by atoms with E-state index in [4.69, 9.17) is 12.2 Å². The van der Waals surface area contributed by atoms with Gasteiger partial charge in [-0.3, -0.25) is 9.69 Å². The fourth-order valence-corrected chi connectivity index (χ4v) is 5.17. The molecule has 0 atom stereocenters. The van der Waals surface area contributed by atoms with Crippen LogP contribution in [0.5, 0.6) is 0 Å². The Bertz CT molecular complexity index is 859. The van der Waals surface area contributed by atoms with Crippen LogP contribution in [0.4, 0.5) is 10.1 Å². The van der Waals surface area contributed by atoms with Crippen molar-refractivity contribution in [3.63, 3.8) is 0 Å². The van der Waals surface area contributed by atoms with Crippen LogP contribution in [-0.2, 0) is 6.67 Å². The SMILES string of the molecule is CCCSc1nn(CN2CCN(c3ccc(C(C)=O)cc3F)CC2)c(=S)s1. The van der Waals surface area contributed by atoms with Crippen LogP contribution in [0.25, 0.3) is 0 Å². The smallest absolute Gasteiger partial charge is 0.181 e. The molecule has 3 rings (SSSR count). The van der Waals surface area contributed by atoms with Gasteiger partial charge in [-0.25, -0.2) is 9.07 Å². The average molecular weight is 427 g/mol. The third-order valence-electron chi connectivity index (χ3n) is 4.42. The van der Waals surface area contributed by atoms with E-state index in [0.29, 0.717) is 17.9 Å². The summed E-state index contributed by atoms with van der Waals surface area (Å²) in [6, 6.07) is 4.72. The molecule has 0 amide bonds. The second-order valence-electron chi connectivity index (χ2n) is 6.45. The maximum Gasteiger partial charge on any atom is 0.181 e. The van der Waals surface area contributed by atoms with Crippen LogP contribution in [0.1, 0.15) is 30.6 Å². The number of aromatic nitrogens is 2. The molecule has 1 fully saturated rings. The van der Waals surface area contributed by atoms with E-state index < -0.39 is 0 Å². The number of anilines is 1. The normalized spacial score (nSPS) is 15.3. The molecule has 0 saturated carbocycles. The van der Waals surface area contributed by atoms with E-state index >= 15 is 0 Å². The van der Waals surface area contributed by atoms with E-state index in [-0.39, 0.29) is 11.6 Å². The summed E-state index contributed by atoms with van der Waals surface area (Å²) in [6.45, 7) is 7.34. The Morgan fingerprint density at radius 1 is 1.33 bits per heavy atom. The first kappa shape index (κ1) is 20.4. The number of carbonyl (C=O) groups is 1. The van der Waals surface area contributed by atoms with Gasteiger partial charge >= 0.3 is 0 Å². The molecule has 0 N–H and O–H groups in total. The Morgan fingerprint density at radius 2 is 2.07 bits per heavy atom. The van der Waals surface area contributed by atoms with Gasteiger partial charge in [0, 0.05) is 37.5 Å². The van der Waals surface area contributed by atoms with Crippen LogP contribution in [0.15, 0.2) is 22.5 Å². The quantitative estimate of drug-likeness (QED) is 0.374. The Morgan fingerprint density at radius 3 is 2.70 bits per heavy atom. The topological polar surface area (TPSA) is 41.4 Å². The van der Waals surface area contributed by atoms with E-state index in [0.717, 1.165) is 46.6 Å². The molecule has 2 heterocycles. The molecule has 0 spiro atoms. The molecule has 2 aromatic rings. The highest BCUT2D eigenvalue weighted by atomic mass is 32.2. The van der Waals surface area contributed by atoms with Crippen molar-refractivity contribution in [1.29, 1.82) is 0 Å². The van der Waals surface area contributed by atoms with Crippen molar-refractivity contribution in [3.05, 3.63) is 33.5 Å². The van der Waals surface area contributed by atoms with Crippen molar-refractivity contribution in [2.75, 3.05) is 36.8 Å². The van der Waals surface area contributed by atoms with E-state index in [1.807, 2.05) is 9.58 Å². The lowest BCUT2D eigenvalue weighted by molar-refractivity contribution is 0.101. The van der Waals surface area contributed by atoms with Gasteiger partial charge in [-0.1, -0.05) is 30.0 Å². The number of Topliss-reactive ketones (excluding diaryl/α,β-unsaturated/α-hetero) is 1. The summed E-state index contributed by atoms with van der Waals surface area (Å²) in [7, 11) is 0. The second-order valence-corrected chi connectivity index (χ2v) is 9.42. The van der Waals surface area contributed by atoms with Gasteiger partial charge < -0.3 is 4.90 Å². The number of halogens is 1. The van der Waals surface area contributed by atoms with Crippen LogP contribution >= 0.6 is 35.3 Å². The Hall–Kier alpha value is -1.29. The number of piperazine rings is 1. The number of nitrogens with zero attached hydrogens (tertiary/aromatic N) is 4. The van der Waals surface area contributed by atoms with Gasteiger partial charge in [0.25, 0.3) is 0 Å². The van der Waals surface area contributed by atoms with Gasteiger partial charge in [0.2, 0.25) is 0 Å². The molecular weight excluding hydrogens is 403 g/mol. The Labute approximate surface area is 172 Å². The number of carbonyl (C=O) groups excluding carboxylic acids is 1. The highest BCUT2D eigenvalue weighted by molar-refractivity contribution is 8.01. The number of hydrogen-bond donors (Lipinski definition) is 0. The molecule has 146 valence electrons. The van der Waals surface area contributed by atoms with E-state index in [1.165, 1.54) is 13.0 Å². The molecular formula is C18H23FN4OS3. The summed E-state index contributed by atoms with van der Waals surface area (Å²) >= 11 is 8.74. The summed E-state index contributed by atoms with van der Waals surface area (Å²) in [6.07, 6.45) is 1.11. The zero-order valence-electron chi connectivity index (χ0n) is 15.5. The Balaban J connectivity index is 1.59. The molecule has 1 aliphatic heterocycles. The maximum atomic E-state index is 14.4. The van der Waals surface area contributed by atoms with Gasteiger partial charge in [-0.05, 0) is 43.8 Å². The standard InChI is InChI=1S/C18H23FN4OS3/c1-3-10-26-17-20-23(18(25)27-17)12-21-6-8-22(9-7-21)16-5-4-14(13(2)24)11-15(16)19/h4-5,11H,3,6-10,12H2,1-2H3. The molecule has 0 radical (unpaired) electrons. The molecule has 5 nitrogen and oxygen atoms in total. The number of ketones is 1.